The number of hydrogen-bond acceptors (Lipinski definition) is 2. The minimum absolute atomic E-state index is 0.259. The first-order valence-corrected chi connectivity index (χ1v) is 7.40. The van der Waals surface area contributed by atoms with Crippen LogP contribution in [0.4, 0.5) is 0 Å². The van der Waals surface area contributed by atoms with Crippen LogP contribution in [-0.2, 0) is 19.9 Å². The summed E-state index contributed by atoms with van der Waals surface area (Å²) in [6.45, 7) is 1.99. The third kappa shape index (κ3) is 2.50. The highest BCUT2D eigenvalue weighted by molar-refractivity contribution is 5.33. The normalized spacial score (nSPS) is 19.6. The summed E-state index contributed by atoms with van der Waals surface area (Å²) in [5.41, 5.74) is 4.87. The van der Waals surface area contributed by atoms with E-state index in [1.807, 2.05) is 18.7 Å². The Morgan fingerprint density at radius 2 is 2.20 bits per heavy atom. The Morgan fingerprint density at radius 3 is 2.95 bits per heavy atom. The van der Waals surface area contributed by atoms with Gasteiger partial charge in [-0.3, -0.25) is 4.68 Å². The van der Waals surface area contributed by atoms with E-state index in [-0.39, 0.29) is 12.0 Å². The van der Waals surface area contributed by atoms with Gasteiger partial charge in [0.2, 0.25) is 0 Å². The second kappa shape index (κ2) is 5.41. The summed E-state index contributed by atoms with van der Waals surface area (Å²) in [4.78, 5) is 0. The number of benzene rings is 1. The summed E-state index contributed by atoms with van der Waals surface area (Å²) in [5.74, 6) is 0.259. The van der Waals surface area contributed by atoms with E-state index < -0.39 is 0 Å². The average molecular weight is 270 g/mol. The van der Waals surface area contributed by atoms with E-state index in [4.69, 9.17) is 0 Å². The highest BCUT2D eigenvalue weighted by atomic mass is 16.3. The first-order chi connectivity index (χ1) is 9.65. The fourth-order valence-electron chi connectivity index (χ4n) is 3.40. The molecule has 106 valence electrons. The lowest BCUT2D eigenvalue weighted by Gasteiger charge is -2.29. The second-order valence-electron chi connectivity index (χ2n) is 5.87. The lowest BCUT2D eigenvalue weighted by Crippen LogP contribution is -2.25. The van der Waals surface area contributed by atoms with Crippen LogP contribution < -0.4 is 0 Å². The average Bonchev–Trinajstić information content (AvgIpc) is 2.76. The summed E-state index contributed by atoms with van der Waals surface area (Å²) in [6, 6.07) is 10.6. The molecule has 1 N–H and O–H groups in total. The van der Waals surface area contributed by atoms with Gasteiger partial charge >= 0.3 is 0 Å². The molecule has 1 heterocycles. The van der Waals surface area contributed by atoms with Crippen molar-refractivity contribution < 1.29 is 5.11 Å². The summed E-state index contributed by atoms with van der Waals surface area (Å²) >= 11 is 0. The molecule has 0 amide bonds. The minimum atomic E-state index is -0.328. The molecule has 1 aromatic carbocycles. The smallest absolute Gasteiger partial charge is 0.0664 e. The molecule has 0 bridgehead atoms. The van der Waals surface area contributed by atoms with Crippen LogP contribution in [0, 0.1) is 6.92 Å². The number of aliphatic hydroxyl groups is 1. The van der Waals surface area contributed by atoms with Gasteiger partial charge < -0.3 is 5.11 Å². The van der Waals surface area contributed by atoms with E-state index in [9.17, 15) is 5.11 Å². The molecule has 0 radical (unpaired) electrons. The molecule has 2 unspecified atom stereocenters. The summed E-state index contributed by atoms with van der Waals surface area (Å²) in [7, 11) is 1.95. The zero-order valence-electron chi connectivity index (χ0n) is 12.2. The van der Waals surface area contributed by atoms with Gasteiger partial charge in [0.1, 0.15) is 0 Å². The zero-order valence-corrected chi connectivity index (χ0v) is 12.2. The third-order valence-electron chi connectivity index (χ3n) is 4.40. The van der Waals surface area contributed by atoms with Crippen molar-refractivity contribution >= 4 is 0 Å². The highest BCUT2D eigenvalue weighted by Crippen LogP contribution is 2.34. The van der Waals surface area contributed by atoms with Crippen LogP contribution in [0.3, 0.4) is 0 Å². The Bertz CT molecular complexity index is 603. The van der Waals surface area contributed by atoms with Crippen LogP contribution >= 0.6 is 0 Å². The van der Waals surface area contributed by atoms with Crippen molar-refractivity contribution in [2.75, 3.05) is 0 Å². The molecule has 1 aliphatic carbocycles. The molecule has 0 fully saturated rings. The van der Waals surface area contributed by atoms with Crippen molar-refractivity contribution in [2.24, 2.45) is 7.05 Å². The Hall–Kier alpha value is -1.61. The zero-order chi connectivity index (χ0) is 14.1. The maximum absolute atomic E-state index is 10.7. The van der Waals surface area contributed by atoms with Crippen molar-refractivity contribution in [3.05, 3.63) is 52.8 Å². The first-order valence-electron chi connectivity index (χ1n) is 7.40. The number of aromatic nitrogens is 2. The SMILES string of the molecule is Cc1cc(CC(O)C2CCCc3ccccc32)n(C)n1. The molecule has 3 heteroatoms. The summed E-state index contributed by atoms with van der Waals surface area (Å²) < 4.78 is 1.88. The van der Waals surface area contributed by atoms with Gasteiger partial charge in [-0.2, -0.15) is 5.10 Å². The van der Waals surface area contributed by atoms with Crippen LogP contribution in [0.15, 0.2) is 30.3 Å². The Morgan fingerprint density at radius 1 is 1.40 bits per heavy atom. The van der Waals surface area contributed by atoms with Gasteiger partial charge in [-0.25, -0.2) is 0 Å². The van der Waals surface area contributed by atoms with Gasteiger partial charge in [-0.15, -0.1) is 0 Å². The standard InChI is InChI=1S/C17H22N2O/c1-12-10-14(19(2)18-12)11-17(20)16-9-5-7-13-6-3-4-8-15(13)16/h3-4,6,8,10,16-17,20H,5,7,9,11H2,1-2H3. The number of nitrogens with zero attached hydrogens (tertiary/aromatic N) is 2. The molecule has 3 nitrogen and oxygen atoms in total. The van der Waals surface area contributed by atoms with Crippen LogP contribution in [0.2, 0.25) is 0 Å². The lowest BCUT2D eigenvalue weighted by atomic mass is 9.79. The van der Waals surface area contributed by atoms with Crippen molar-refractivity contribution in [2.45, 2.75) is 44.6 Å². The number of aliphatic hydroxyl groups excluding tert-OH is 1. The fourth-order valence-corrected chi connectivity index (χ4v) is 3.40. The van der Waals surface area contributed by atoms with E-state index in [0.29, 0.717) is 6.42 Å². The van der Waals surface area contributed by atoms with Gasteiger partial charge in [0.05, 0.1) is 11.8 Å². The van der Waals surface area contributed by atoms with Crippen molar-refractivity contribution in [1.82, 2.24) is 9.78 Å². The molecule has 0 saturated carbocycles. The van der Waals surface area contributed by atoms with Crippen molar-refractivity contribution in [3.63, 3.8) is 0 Å². The predicted octanol–water partition coefficient (Wildman–Crippen LogP) is 2.75. The van der Waals surface area contributed by atoms with Crippen LogP contribution in [0.5, 0.6) is 0 Å². The first kappa shape index (κ1) is 13.4. The molecule has 20 heavy (non-hydrogen) atoms. The Balaban J connectivity index is 1.81. The Labute approximate surface area is 120 Å². The molecular weight excluding hydrogens is 248 g/mol. The lowest BCUT2D eigenvalue weighted by molar-refractivity contribution is 0.132. The maximum atomic E-state index is 10.7. The maximum Gasteiger partial charge on any atom is 0.0664 e. The largest absolute Gasteiger partial charge is 0.392 e. The van der Waals surface area contributed by atoms with Gasteiger partial charge in [-0.05, 0) is 43.4 Å². The Kier molecular flexibility index (Phi) is 3.62. The van der Waals surface area contributed by atoms with Crippen molar-refractivity contribution in [1.29, 1.82) is 0 Å². The van der Waals surface area contributed by atoms with Gasteiger partial charge in [0, 0.05) is 25.1 Å². The molecule has 3 rings (SSSR count). The van der Waals surface area contributed by atoms with Crippen LogP contribution in [0.1, 0.15) is 41.3 Å². The molecule has 0 aliphatic heterocycles. The molecular formula is C17H22N2O. The molecule has 0 spiro atoms. The van der Waals surface area contributed by atoms with E-state index in [2.05, 4.69) is 35.4 Å². The number of aryl methyl sites for hydroxylation is 3. The van der Waals surface area contributed by atoms with E-state index in [0.717, 1.165) is 24.2 Å². The second-order valence-corrected chi connectivity index (χ2v) is 5.87. The number of rotatable bonds is 3. The summed E-state index contributed by atoms with van der Waals surface area (Å²) in [6.07, 6.45) is 3.74. The van der Waals surface area contributed by atoms with Gasteiger partial charge in [0.25, 0.3) is 0 Å². The fraction of sp³-hybridized carbons (Fsp3) is 0.471. The monoisotopic (exact) mass is 270 g/mol. The summed E-state index contributed by atoms with van der Waals surface area (Å²) in [5, 5.41) is 15.0. The molecule has 1 aliphatic rings. The van der Waals surface area contributed by atoms with E-state index >= 15 is 0 Å². The quantitative estimate of drug-likeness (QED) is 0.931. The topological polar surface area (TPSA) is 38.0 Å². The van der Waals surface area contributed by atoms with Crippen molar-refractivity contribution in [3.8, 4) is 0 Å². The van der Waals surface area contributed by atoms with E-state index in [1.165, 1.54) is 17.5 Å². The molecule has 2 aromatic rings. The van der Waals surface area contributed by atoms with Crippen LogP contribution in [-0.4, -0.2) is 21.0 Å². The number of fused-ring (bicyclic) bond motifs is 1. The highest BCUT2D eigenvalue weighted by Gasteiger charge is 2.27. The molecule has 2 atom stereocenters. The van der Waals surface area contributed by atoms with Crippen LogP contribution in [0.25, 0.3) is 0 Å². The minimum Gasteiger partial charge on any atom is -0.392 e. The molecule has 1 aromatic heterocycles. The molecule has 0 saturated heterocycles. The van der Waals surface area contributed by atoms with E-state index in [1.54, 1.807) is 0 Å². The third-order valence-corrected chi connectivity index (χ3v) is 4.40. The predicted molar refractivity (Wildman–Crippen MR) is 79.8 cm³/mol. The van der Waals surface area contributed by atoms with Gasteiger partial charge in [0.15, 0.2) is 0 Å². The van der Waals surface area contributed by atoms with Gasteiger partial charge in [-0.1, -0.05) is 24.3 Å². The number of hydrogen-bond donors (Lipinski definition) is 1.